The lowest BCUT2D eigenvalue weighted by atomic mass is 9.84. The van der Waals surface area contributed by atoms with Crippen LogP contribution in [-0.4, -0.2) is 90.6 Å². The first kappa shape index (κ1) is 40.0. The Bertz CT molecular complexity index is 1440. The van der Waals surface area contributed by atoms with Crippen LogP contribution in [0.3, 0.4) is 0 Å². The van der Waals surface area contributed by atoms with Crippen LogP contribution in [0.4, 0.5) is 0 Å². The Labute approximate surface area is 289 Å². The number of carbonyl (C=O) groups is 2. The van der Waals surface area contributed by atoms with Gasteiger partial charge in [0, 0.05) is 35.3 Å². The molecule has 0 aromatic heterocycles. The fourth-order valence-corrected chi connectivity index (χ4v) is 8.03. The molecule has 2 aromatic rings. The highest BCUT2D eigenvalue weighted by Gasteiger charge is 2.32. The van der Waals surface area contributed by atoms with E-state index in [9.17, 15) is 26.4 Å². The Hall–Kier alpha value is -2.48. The number of nitrogens with one attached hydrogen (secondary N) is 2. The van der Waals surface area contributed by atoms with E-state index in [0.717, 1.165) is 90.6 Å². The number of ketones is 2. The van der Waals surface area contributed by atoms with Crippen molar-refractivity contribution < 1.29 is 26.4 Å². The summed E-state index contributed by atoms with van der Waals surface area (Å²) in [4.78, 5) is 31.5. The first-order chi connectivity index (χ1) is 23.0. The monoisotopic (exact) mass is 704 g/mol. The Kier molecular flexibility index (Phi) is 16.3. The van der Waals surface area contributed by atoms with Crippen LogP contribution in [0.2, 0.25) is 0 Å². The van der Waals surface area contributed by atoms with E-state index in [4.69, 9.17) is 0 Å². The van der Waals surface area contributed by atoms with Crippen molar-refractivity contribution in [3.8, 4) is 0 Å². The fraction of sp³-hybridized carbons (Fsp3) is 0.611. The van der Waals surface area contributed by atoms with E-state index in [0.29, 0.717) is 12.8 Å². The van der Waals surface area contributed by atoms with Crippen molar-refractivity contribution in [3.05, 3.63) is 58.7 Å². The lowest BCUT2D eigenvalue weighted by Crippen LogP contribution is -2.32. The molecule has 0 fully saturated rings. The van der Waals surface area contributed by atoms with Gasteiger partial charge < -0.3 is 9.80 Å². The van der Waals surface area contributed by atoms with Crippen molar-refractivity contribution in [2.45, 2.75) is 102 Å². The summed E-state index contributed by atoms with van der Waals surface area (Å²) in [6.45, 7) is 14.7. The van der Waals surface area contributed by atoms with E-state index in [1.807, 2.05) is 0 Å². The molecule has 0 unspecified atom stereocenters. The Morgan fingerprint density at radius 2 is 0.792 bits per heavy atom. The van der Waals surface area contributed by atoms with Crippen LogP contribution >= 0.6 is 0 Å². The number of sulfonamides is 2. The minimum atomic E-state index is -3.92. The van der Waals surface area contributed by atoms with Crippen molar-refractivity contribution >= 4 is 31.6 Å². The third-order valence-corrected chi connectivity index (χ3v) is 11.7. The van der Waals surface area contributed by atoms with Crippen molar-refractivity contribution in [2.75, 3.05) is 52.4 Å². The average molecular weight is 705 g/mol. The summed E-state index contributed by atoms with van der Waals surface area (Å²) in [6, 6.07) is 7.80. The molecule has 0 atom stereocenters. The van der Waals surface area contributed by atoms with E-state index < -0.39 is 31.6 Å². The molecular formula is C36H56N4O6S2. The molecule has 48 heavy (non-hydrogen) atoms. The van der Waals surface area contributed by atoms with Gasteiger partial charge in [-0.25, -0.2) is 26.3 Å². The number of carbonyl (C=O) groups excluding carboxylic acids is 2. The summed E-state index contributed by atoms with van der Waals surface area (Å²) in [6.07, 6.45) is 10.1. The van der Waals surface area contributed by atoms with Crippen LogP contribution in [0.5, 0.6) is 0 Å². The second-order valence-electron chi connectivity index (χ2n) is 12.7. The zero-order valence-electron chi connectivity index (χ0n) is 29.4. The number of nitrogens with zero attached hydrogens (tertiary/aromatic N) is 2. The highest BCUT2D eigenvalue weighted by molar-refractivity contribution is 7.89. The van der Waals surface area contributed by atoms with E-state index in [-0.39, 0.29) is 45.1 Å². The molecule has 0 aliphatic heterocycles. The molecular weight excluding hydrogens is 649 g/mol. The number of hydrogen-bond acceptors (Lipinski definition) is 8. The van der Waals surface area contributed by atoms with Crippen molar-refractivity contribution in [3.63, 3.8) is 0 Å². The summed E-state index contributed by atoms with van der Waals surface area (Å²) < 4.78 is 57.8. The molecule has 12 heteroatoms. The zero-order chi connectivity index (χ0) is 35.2. The van der Waals surface area contributed by atoms with E-state index >= 15 is 0 Å². The van der Waals surface area contributed by atoms with Gasteiger partial charge >= 0.3 is 0 Å². The van der Waals surface area contributed by atoms with Crippen molar-refractivity contribution in [1.82, 2.24) is 19.2 Å². The van der Waals surface area contributed by atoms with Gasteiger partial charge in [0.05, 0.1) is 9.79 Å². The molecule has 0 spiro atoms. The Morgan fingerprint density at radius 3 is 1.10 bits per heavy atom. The second kappa shape index (κ2) is 19.6. The largest absolute Gasteiger partial charge is 0.303 e. The number of unbranched alkanes of at least 4 members (excludes halogenated alkanes) is 4. The summed E-state index contributed by atoms with van der Waals surface area (Å²) in [5.74, 6) is -1.04. The van der Waals surface area contributed by atoms with Gasteiger partial charge in [-0.1, -0.05) is 53.4 Å². The highest BCUT2D eigenvalue weighted by Crippen LogP contribution is 2.30. The molecule has 1 aliphatic carbocycles. The Morgan fingerprint density at radius 1 is 0.479 bits per heavy atom. The topological polar surface area (TPSA) is 133 Å². The Balaban J connectivity index is 1.66. The summed E-state index contributed by atoms with van der Waals surface area (Å²) in [5.41, 5.74) is 0.0848. The van der Waals surface area contributed by atoms with Gasteiger partial charge in [-0.15, -0.1) is 0 Å². The molecule has 2 N–H and O–H groups in total. The van der Waals surface area contributed by atoms with Gasteiger partial charge in [-0.05, 0) is 114 Å². The predicted octanol–water partition coefficient (Wildman–Crippen LogP) is 5.60. The molecule has 3 rings (SSSR count). The second-order valence-corrected chi connectivity index (χ2v) is 16.2. The number of fused-ring (bicyclic) bond motifs is 2. The predicted molar refractivity (Wildman–Crippen MR) is 192 cm³/mol. The maximum absolute atomic E-state index is 13.5. The van der Waals surface area contributed by atoms with Crippen LogP contribution in [0.15, 0.2) is 46.2 Å². The van der Waals surface area contributed by atoms with Crippen LogP contribution in [0.25, 0.3) is 0 Å². The first-order valence-electron chi connectivity index (χ1n) is 17.8. The van der Waals surface area contributed by atoms with Gasteiger partial charge in [0.15, 0.2) is 11.6 Å². The molecule has 2 aromatic carbocycles. The average Bonchev–Trinajstić information content (AvgIpc) is 3.08. The van der Waals surface area contributed by atoms with Crippen LogP contribution in [-0.2, 0) is 20.0 Å². The van der Waals surface area contributed by atoms with Gasteiger partial charge in [0.25, 0.3) is 0 Å². The maximum atomic E-state index is 13.5. The molecule has 0 saturated carbocycles. The lowest BCUT2D eigenvalue weighted by Gasteiger charge is -2.22. The molecule has 10 nitrogen and oxygen atoms in total. The zero-order valence-corrected chi connectivity index (χ0v) is 31.0. The van der Waals surface area contributed by atoms with Crippen molar-refractivity contribution in [2.24, 2.45) is 0 Å². The fourth-order valence-electron chi connectivity index (χ4n) is 5.83. The van der Waals surface area contributed by atoms with Crippen molar-refractivity contribution in [1.29, 1.82) is 0 Å². The van der Waals surface area contributed by atoms with Gasteiger partial charge in [-0.2, -0.15) is 0 Å². The van der Waals surface area contributed by atoms with Gasteiger partial charge in [-0.3, -0.25) is 9.59 Å². The third-order valence-electron chi connectivity index (χ3n) is 8.78. The molecule has 0 bridgehead atoms. The van der Waals surface area contributed by atoms with Gasteiger partial charge in [0.2, 0.25) is 20.0 Å². The molecule has 0 radical (unpaired) electrons. The molecule has 1 aliphatic rings. The van der Waals surface area contributed by atoms with Crippen LogP contribution < -0.4 is 9.44 Å². The minimum Gasteiger partial charge on any atom is -0.303 e. The molecule has 0 amide bonds. The first-order valence-corrected chi connectivity index (χ1v) is 20.8. The maximum Gasteiger partial charge on any atom is 0.240 e. The lowest BCUT2D eigenvalue weighted by molar-refractivity contribution is 0.0978. The molecule has 0 heterocycles. The summed E-state index contributed by atoms with van der Waals surface area (Å²) in [7, 11) is -7.84. The SMILES string of the molecule is CCCCN(CCCC)CCCNS(=O)(=O)c1ccc2c(c1)C(=O)c1ccc(S(=O)(=O)NCCCN(CCCC)CCCC)cc1C2=O. The number of benzene rings is 2. The quantitative estimate of drug-likeness (QED) is 0.115. The number of hydrogen-bond donors (Lipinski definition) is 2. The summed E-state index contributed by atoms with van der Waals surface area (Å²) >= 11 is 0. The van der Waals surface area contributed by atoms with Crippen LogP contribution in [0, 0.1) is 0 Å². The number of rotatable bonds is 24. The minimum absolute atomic E-state index is 0.00915. The smallest absolute Gasteiger partial charge is 0.240 e. The van der Waals surface area contributed by atoms with E-state index in [1.165, 1.54) is 36.4 Å². The van der Waals surface area contributed by atoms with E-state index in [1.54, 1.807) is 0 Å². The van der Waals surface area contributed by atoms with E-state index in [2.05, 4.69) is 46.9 Å². The van der Waals surface area contributed by atoms with Crippen LogP contribution in [0.1, 0.15) is 124 Å². The standard InChI is InChI=1S/C36H56N4O6S2/c1-5-9-21-39(22-10-6-2)25-13-19-37-47(43,44)29-15-17-31-33(27-29)35(41)32-18-16-30(28-34(32)36(31)42)48(45,46)38-20-14-26-40(23-11-7-3)24-12-8-4/h15-18,27-28,37-38H,5-14,19-26H2,1-4H3. The molecule has 268 valence electrons. The van der Waals surface area contributed by atoms with Gasteiger partial charge in [0.1, 0.15) is 0 Å². The highest BCUT2D eigenvalue weighted by atomic mass is 32.2. The molecule has 0 saturated heterocycles. The third kappa shape index (κ3) is 11.3. The normalized spacial score (nSPS) is 13.4. The summed E-state index contributed by atoms with van der Waals surface area (Å²) in [5, 5.41) is 0.